The van der Waals surface area contributed by atoms with Crippen LogP contribution in [0.3, 0.4) is 0 Å². The van der Waals surface area contributed by atoms with Gasteiger partial charge in [-0.05, 0) is 40.0 Å². The van der Waals surface area contributed by atoms with Gasteiger partial charge in [0.05, 0.1) is 0 Å². The van der Waals surface area contributed by atoms with E-state index in [-0.39, 0.29) is 0 Å². The van der Waals surface area contributed by atoms with Gasteiger partial charge < -0.3 is 5.32 Å². The third-order valence-corrected chi connectivity index (χ3v) is 3.70. The van der Waals surface area contributed by atoms with Gasteiger partial charge in [0.1, 0.15) is 23.3 Å². The monoisotopic (exact) mass is 286 g/mol. The Balaban J connectivity index is 2.09. The van der Waals surface area contributed by atoms with Crippen LogP contribution < -0.4 is 5.32 Å². The van der Waals surface area contributed by atoms with Crippen LogP contribution in [0.1, 0.15) is 55.1 Å². The van der Waals surface area contributed by atoms with Crippen LogP contribution in [0.2, 0.25) is 0 Å². The Labute approximate surface area is 125 Å². The highest BCUT2D eigenvalue weighted by atomic mass is 15.4. The molecule has 0 spiro atoms. The summed E-state index contributed by atoms with van der Waals surface area (Å²) in [7, 11) is 0. The molecule has 2 aromatic rings. The average molecular weight is 286 g/mol. The molecule has 0 aromatic carbocycles. The molecule has 0 unspecified atom stereocenters. The Morgan fingerprint density at radius 2 is 1.90 bits per heavy atom. The number of hydrogen-bond donors (Lipinski definition) is 1. The molecule has 1 saturated carbocycles. The number of nitrogens with zero attached hydrogens (tertiary/aromatic N) is 5. The normalized spacial score (nSPS) is 14.5. The molecule has 21 heavy (non-hydrogen) atoms. The van der Waals surface area contributed by atoms with E-state index in [4.69, 9.17) is 9.97 Å². The van der Waals surface area contributed by atoms with Crippen molar-refractivity contribution in [2.75, 3.05) is 11.9 Å². The third kappa shape index (κ3) is 2.75. The van der Waals surface area contributed by atoms with Crippen molar-refractivity contribution in [3.05, 3.63) is 23.0 Å². The summed E-state index contributed by atoms with van der Waals surface area (Å²) in [6, 6.07) is 0. The van der Waals surface area contributed by atoms with E-state index in [1.54, 1.807) is 0 Å². The molecule has 112 valence electrons. The van der Waals surface area contributed by atoms with Gasteiger partial charge in [0.25, 0.3) is 0 Å². The molecule has 6 nitrogen and oxygen atoms in total. The molecule has 6 heteroatoms. The van der Waals surface area contributed by atoms with E-state index in [0.717, 1.165) is 47.6 Å². The minimum Gasteiger partial charge on any atom is -0.370 e. The lowest BCUT2D eigenvalue weighted by Gasteiger charge is -2.14. The summed E-state index contributed by atoms with van der Waals surface area (Å²) >= 11 is 0. The highest BCUT2D eigenvalue weighted by Gasteiger charge is 2.29. The van der Waals surface area contributed by atoms with Crippen LogP contribution >= 0.6 is 0 Å². The summed E-state index contributed by atoms with van der Waals surface area (Å²) in [6.07, 6.45) is 3.44. The quantitative estimate of drug-likeness (QED) is 0.915. The van der Waals surface area contributed by atoms with Crippen LogP contribution in [0.25, 0.3) is 5.82 Å². The fraction of sp³-hybridized carbons (Fsp3) is 0.600. The van der Waals surface area contributed by atoms with Gasteiger partial charge in [-0.15, -0.1) is 5.10 Å². The van der Waals surface area contributed by atoms with Crippen molar-refractivity contribution in [3.8, 4) is 5.82 Å². The van der Waals surface area contributed by atoms with Gasteiger partial charge in [-0.25, -0.2) is 15.0 Å². The van der Waals surface area contributed by atoms with Crippen molar-refractivity contribution < 1.29 is 0 Å². The van der Waals surface area contributed by atoms with Crippen molar-refractivity contribution in [2.24, 2.45) is 0 Å². The van der Waals surface area contributed by atoms with Gasteiger partial charge in [0.15, 0.2) is 5.82 Å². The molecule has 0 amide bonds. The molecule has 0 radical (unpaired) electrons. The smallest absolute Gasteiger partial charge is 0.164 e. The van der Waals surface area contributed by atoms with Crippen LogP contribution in [-0.2, 0) is 0 Å². The van der Waals surface area contributed by atoms with E-state index in [2.05, 4.69) is 22.3 Å². The minimum absolute atomic E-state index is 0.511. The fourth-order valence-corrected chi connectivity index (χ4v) is 2.39. The van der Waals surface area contributed by atoms with E-state index in [9.17, 15) is 0 Å². The van der Waals surface area contributed by atoms with Gasteiger partial charge in [0, 0.05) is 18.0 Å². The summed E-state index contributed by atoms with van der Waals surface area (Å²) in [4.78, 5) is 13.8. The zero-order valence-electron chi connectivity index (χ0n) is 13.1. The van der Waals surface area contributed by atoms with Gasteiger partial charge >= 0.3 is 0 Å². The second kappa shape index (κ2) is 5.42. The average Bonchev–Trinajstić information content (AvgIpc) is 3.23. The first-order valence-corrected chi connectivity index (χ1v) is 7.63. The first kappa shape index (κ1) is 14.0. The zero-order chi connectivity index (χ0) is 15.0. The predicted octanol–water partition coefficient (Wildman–Crippen LogP) is 2.68. The second-order valence-electron chi connectivity index (χ2n) is 5.70. The number of anilines is 1. The maximum atomic E-state index is 4.76. The highest BCUT2D eigenvalue weighted by molar-refractivity contribution is 5.52. The van der Waals surface area contributed by atoms with Crippen LogP contribution in [0.4, 0.5) is 5.82 Å². The van der Waals surface area contributed by atoms with Crippen molar-refractivity contribution in [2.45, 2.75) is 52.9 Å². The van der Waals surface area contributed by atoms with E-state index >= 15 is 0 Å². The van der Waals surface area contributed by atoms with Crippen molar-refractivity contribution in [3.63, 3.8) is 0 Å². The Hall–Kier alpha value is -1.98. The van der Waals surface area contributed by atoms with E-state index in [0.29, 0.717) is 5.92 Å². The molecular formula is C15H22N6. The lowest BCUT2D eigenvalue weighted by atomic mass is 10.2. The predicted molar refractivity (Wildman–Crippen MR) is 81.9 cm³/mol. The molecule has 0 bridgehead atoms. The summed E-state index contributed by atoms with van der Waals surface area (Å²) < 4.78 is 1.83. The van der Waals surface area contributed by atoms with Gasteiger partial charge in [0.2, 0.25) is 0 Å². The Bertz CT molecular complexity index is 656. The summed E-state index contributed by atoms with van der Waals surface area (Å²) in [5.74, 6) is 4.84. The topological polar surface area (TPSA) is 68.5 Å². The summed E-state index contributed by atoms with van der Waals surface area (Å²) in [5.41, 5.74) is 1.03. The molecular weight excluding hydrogens is 264 g/mol. The van der Waals surface area contributed by atoms with Crippen molar-refractivity contribution in [1.82, 2.24) is 24.7 Å². The Kier molecular flexibility index (Phi) is 3.61. The molecule has 1 aliphatic rings. The molecule has 1 fully saturated rings. The number of hydrogen-bond acceptors (Lipinski definition) is 5. The standard InChI is InChI=1S/C15H22N6/c1-5-8-16-13-9(2)15(19-14(18-13)12-6-7-12)21-11(4)17-10(3)20-21/h12H,5-8H2,1-4H3,(H,16,18,19). The fourth-order valence-electron chi connectivity index (χ4n) is 2.39. The maximum Gasteiger partial charge on any atom is 0.164 e. The van der Waals surface area contributed by atoms with E-state index < -0.39 is 0 Å². The van der Waals surface area contributed by atoms with Crippen LogP contribution in [-0.4, -0.2) is 31.3 Å². The molecule has 0 aliphatic heterocycles. The van der Waals surface area contributed by atoms with E-state index in [1.807, 2.05) is 25.5 Å². The molecule has 2 aromatic heterocycles. The van der Waals surface area contributed by atoms with E-state index in [1.165, 1.54) is 12.8 Å². The summed E-state index contributed by atoms with van der Waals surface area (Å²) in [5, 5.41) is 7.88. The van der Waals surface area contributed by atoms with Crippen LogP contribution in [0, 0.1) is 20.8 Å². The molecule has 0 saturated heterocycles. The first-order chi connectivity index (χ1) is 10.1. The highest BCUT2D eigenvalue weighted by Crippen LogP contribution is 2.39. The first-order valence-electron chi connectivity index (χ1n) is 7.63. The molecule has 1 N–H and O–H groups in total. The number of aromatic nitrogens is 5. The Morgan fingerprint density at radius 3 is 2.48 bits per heavy atom. The van der Waals surface area contributed by atoms with Crippen LogP contribution in [0.15, 0.2) is 0 Å². The summed E-state index contributed by atoms with van der Waals surface area (Å²) in [6.45, 7) is 8.96. The van der Waals surface area contributed by atoms with Crippen LogP contribution in [0.5, 0.6) is 0 Å². The molecule has 1 aliphatic carbocycles. The maximum absolute atomic E-state index is 4.76. The van der Waals surface area contributed by atoms with Gasteiger partial charge in [-0.1, -0.05) is 6.92 Å². The number of aryl methyl sites for hydroxylation is 2. The number of nitrogens with one attached hydrogen (secondary N) is 1. The van der Waals surface area contributed by atoms with Crippen molar-refractivity contribution >= 4 is 5.82 Å². The third-order valence-electron chi connectivity index (χ3n) is 3.70. The van der Waals surface area contributed by atoms with Gasteiger partial charge in [-0.3, -0.25) is 0 Å². The lowest BCUT2D eigenvalue weighted by Crippen LogP contribution is -2.13. The van der Waals surface area contributed by atoms with Gasteiger partial charge in [-0.2, -0.15) is 4.68 Å². The SMILES string of the molecule is CCCNc1nc(C2CC2)nc(-n2nc(C)nc2C)c1C. The zero-order valence-corrected chi connectivity index (χ0v) is 13.1. The molecule has 2 heterocycles. The minimum atomic E-state index is 0.511. The Morgan fingerprint density at radius 1 is 1.14 bits per heavy atom. The largest absolute Gasteiger partial charge is 0.370 e. The lowest BCUT2D eigenvalue weighted by molar-refractivity contribution is 0.769. The molecule has 3 rings (SSSR count). The molecule has 0 atom stereocenters. The van der Waals surface area contributed by atoms with Crippen molar-refractivity contribution in [1.29, 1.82) is 0 Å². The number of rotatable bonds is 5. The second-order valence-corrected chi connectivity index (χ2v) is 5.70.